The van der Waals surface area contributed by atoms with E-state index in [4.69, 9.17) is 18.0 Å². The van der Waals surface area contributed by atoms with E-state index in [1.54, 1.807) is 0 Å². The van der Waals surface area contributed by atoms with E-state index < -0.39 is 0 Å². The third-order valence-corrected chi connectivity index (χ3v) is 3.58. The monoisotopic (exact) mass is 286 g/mol. The maximum absolute atomic E-state index is 5.60. The van der Waals surface area contributed by atoms with Crippen molar-refractivity contribution in [3.05, 3.63) is 0 Å². The summed E-state index contributed by atoms with van der Waals surface area (Å²) in [6, 6.07) is 0. The van der Waals surface area contributed by atoms with Crippen molar-refractivity contribution in [2.45, 2.75) is 72.1 Å². The molecule has 2 nitrogen and oxygen atoms in total. The molecule has 0 heterocycles. The van der Waals surface area contributed by atoms with Gasteiger partial charge < -0.3 is 10.6 Å². The second-order valence-corrected chi connectivity index (χ2v) is 6.56. The second kappa shape index (κ2) is 12.9. The molecule has 0 amide bonds. The van der Waals surface area contributed by atoms with Crippen LogP contribution in [0.4, 0.5) is 0 Å². The van der Waals surface area contributed by atoms with Gasteiger partial charge in [-0.25, -0.2) is 0 Å². The molecule has 0 radical (unpaired) electrons. The van der Waals surface area contributed by atoms with Crippen molar-refractivity contribution in [2.24, 2.45) is 11.7 Å². The van der Waals surface area contributed by atoms with Crippen LogP contribution in [0, 0.1) is 5.92 Å². The Labute approximate surface area is 126 Å². The summed E-state index contributed by atoms with van der Waals surface area (Å²) in [6.45, 7) is 10.2. The normalized spacial score (nSPS) is 11.4. The van der Waals surface area contributed by atoms with Crippen molar-refractivity contribution in [2.75, 3.05) is 19.6 Å². The first kappa shape index (κ1) is 18.9. The van der Waals surface area contributed by atoms with E-state index in [1.807, 2.05) is 0 Å². The van der Waals surface area contributed by atoms with Crippen molar-refractivity contribution >= 4 is 17.2 Å². The third-order valence-electron chi connectivity index (χ3n) is 3.38. The Morgan fingerprint density at radius 3 is 2.11 bits per heavy atom. The van der Waals surface area contributed by atoms with Crippen molar-refractivity contribution < 1.29 is 0 Å². The van der Waals surface area contributed by atoms with Crippen LogP contribution in [0.5, 0.6) is 0 Å². The molecule has 0 fully saturated rings. The molecule has 3 heteroatoms. The van der Waals surface area contributed by atoms with Gasteiger partial charge in [-0.3, -0.25) is 0 Å². The number of rotatable bonds is 13. The maximum Gasteiger partial charge on any atom is 0.0740 e. The van der Waals surface area contributed by atoms with Gasteiger partial charge in [-0.2, -0.15) is 0 Å². The third kappa shape index (κ3) is 14.1. The van der Waals surface area contributed by atoms with Crippen LogP contribution in [-0.4, -0.2) is 29.5 Å². The molecule has 0 spiro atoms. The first-order chi connectivity index (χ1) is 9.06. The number of nitrogens with two attached hydrogens (primary N) is 1. The summed E-state index contributed by atoms with van der Waals surface area (Å²) >= 11 is 4.97. The summed E-state index contributed by atoms with van der Waals surface area (Å²) in [4.78, 5) is 3.17. The molecule has 114 valence electrons. The second-order valence-electron chi connectivity index (χ2n) is 6.03. The quantitative estimate of drug-likeness (QED) is 0.403. The minimum atomic E-state index is 0.647. The number of unbranched alkanes of at least 4 members (excludes halogenated alkanes) is 6. The highest BCUT2D eigenvalue weighted by atomic mass is 32.1. The van der Waals surface area contributed by atoms with Crippen LogP contribution in [0.15, 0.2) is 0 Å². The summed E-state index contributed by atoms with van der Waals surface area (Å²) in [7, 11) is 0. The lowest BCUT2D eigenvalue weighted by molar-refractivity contribution is 0.245. The molecule has 0 aromatic heterocycles. The van der Waals surface area contributed by atoms with Crippen LogP contribution in [0.25, 0.3) is 0 Å². The van der Waals surface area contributed by atoms with Crippen molar-refractivity contribution in [1.29, 1.82) is 0 Å². The van der Waals surface area contributed by atoms with E-state index in [2.05, 4.69) is 25.7 Å². The minimum Gasteiger partial charge on any atom is -0.393 e. The molecule has 0 aliphatic heterocycles. The fourth-order valence-corrected chi connectivity index (χ4v) is 2.46. The summed E-state index contributed by atoms with van der Waals surface area (Å²) in [6.07, 6.45) is 10.5. The van der Waals surface area contributed by atoms with Gasteiger partial charge in [0.05, 0.1) is 4.99 Å². The highest BCUT2D eigenvalue weighted by molar-refractivity contribution is 7.80. The zero-order valence-electron chi connectivity index (χ0n) is 13.3. The van der Waals surface area contributed by atoms with Crippen molar-refractivity contribution in [3.8, 4) is 0 Å². The molecule has 2 N–H and O–H groups in total. The van der Waals surface area contributed by atoms with E-state index in [0.717, 1.165) is 18.9 Å². The Balaban J connectivity index is 3.64. The zero-order chi connectivity index (χ0) is 14.5. The molecule has 0 atom stereocenters. The van der Waals surface area contributed by atoms with Gasteiger partial charge in [-0.15, -0.1) is 0 Å². The largest absolute Gasteiger partial charge is 0.393 e. The van der Waals surface area contributed by atoms with Gasteiger partial charge in [-0.05, 0) is 18.9 Å². The van der Waals surface area contributed by atoms with Gasteiger partial charge in [0, 0.05) is 19.5 Å². The fourth-order valence-electron chi connectivity index (χ4n) is 2.37. The molecule has 0 aliphatic carbocycles. The summed E-state index contributed by atoms with van der Waals surface area (Å²) in [5.41, 5.74) is 5.60. The summed E-state index contributed by atoms with van der Waals surface area (Å²) in [5, 5.41) is 0. The Kier molecular flexibility index (Phi) is 12.8. The fraction of sp³-hybridized carbons (Fsp3) is 0.938. The number of nitrogens with zero attached hydrogens (tertiary/aromatic N) is 1. The van der Waals surface area contributed by atoms with Crippen LogP contribution in [0.2, 0.25) is 0 Å². The van der Waals surface area contributed by atoms with Crippen LogP contribution in [-0.2, 0) is 0 Å². The van der Waals surface area contributed by atoms with Crippen molar-refractivity contribution in [3.63, 3.8) is 0 Å². The van der Waals surface area contributed by atoms with E-state index >= 15 is 0 Å². The molecule has 0 aromatic carbocycles. The molecule has 0 saturated heterocycles. The van der Waals surface area contributed by atoms with Gasteiger partial charge in [0.25, 0.3) is 0 Å². The average Bonchev–Trinajstić information content (AvgIpc) is 2.33. The summed E-state index contributed by atoms with van der Waals surface area (Å²) in [5.74, 6) is 0.718. The highest BCUT2D eigenvalue weighted by Gasteiger charge is 2.07. The molecule has 0 unspecified atom stereocenters. The minimum absolute atomic E-state index is 0.647. The molecular formula is C16H34N2S. The predicted octanol–water partition coefficient (Wildman–Crippen LogP) is 4.37. The Bertz CT molecular complexity index is 217. The van der Waals surface area contributed by atoms with Gasteiger partial charge >= 0.3 is 0 Å². The zero-order valence-corrected chi connectivity index (χ0v) is 14.1. The Hall–Kier alpha value is -0.150. The molecule has 0 aliphatic rings. The standard InChI is InChI=1S/C16H34N2S/c1-4-5-6-7-8-9-10-12-18(14-15(2)3)13-11-16(17)19/h15H,4-14H2,1-3H3,(H2,17,19). The van der Waals surface area contributed by atoms with E-state index in [9.17, 15) is 0 Å². The summed E-state index contributed by atoms with van der Waals surface area (Å²) < 4.78 is 0. The molecule has 19 heavy (non-hydrogen) atoms. The molecular weight excluding hydrogens is 252 g/mol. The lowest BCUT2D eigenvalue weighted by Gasteiger charge is -2.24. The van der Waals surface area contributed by atoms with E-state index in [-0.39, 0.29) is 0 Å². The molecule has 0 rings (SSSR count). The Morgan fingerprint density at radius 2 is 1.58 bits per heavy atom. The number of hydrogen-bond donors (Lipinski definition) is 1. The molecule has 0 bridgehead atoms. The van der Waals surface area contributed by atoms with Gasteiger partial charge in [-0.1, -0.05) is 71.5 Å². The van der Waals surface area contributed by atoms with Gasteiger partial charge in [0.2, 0.25) is 0 Å². The highest BCUT2D eigenvalue weighted by Crippen LogP contribution is 2.09. The number of hydrogen-bond acceptors (Lipinski definition) is 2. The lowest BCUT2D eigenvalue weighted by atomic mass is 10.1. The van der Waals surface area contributed by atoms with Gasteiger partial charge in [0.15, 0.2) is 0 Å². The van der Waals surface area contributed by atoms with Crippen LogP contribution < -0.4 is 5.73 Å². The average molecular weight is 287 g/mol. The van der Waals surface area contributed by atoms with Crippen molar-refractivity contribution in [1.82, 2.24) is 4.90 Å². The van der Waals surface area contributed by atoms with Crippen LogP contribution in [0.3, 0.4) is 0 Å². The SMILES string of the molecule is CCCCCCCCCN(CCC(N)=S)CC(C)C. The van der Waals surface area contributed by atoms with E-state index in [0.29, 0.717) is 4.99 Å². The number of thiocarbonyl (C=S) groups is 1. The first-order valence-electron chi connectivity index (χ1n) is 8.07. The van der Waals surface area contributed by atoms with E-state index in [1.165, 1.54) is 58.0 Å². The smallest absolute Gasteiger partial charge is 0.0740 e. The predicted molar refractivity (Wildman–Crippen MR) is 90.7 cm³/mol. The van der Waals surface area contributed by atoms with Gasteiger partial charge in [0.1, 0.15) is 0 Å². The Morgan fingerprint density at radius 1 is 1.00 bits per heavy atom. The first-order valence-corrected chi connectivity index (χ1v) is 8.47. The topological polar surface area (TPSA) is 29.3 Å². The molecule has 0 saturated carbocycles. The molecule has 0 aromatic rings. The maximum atomic E-state index is 5.60. The lowest BCUT2D eigenvalue weighted by Crippen LogP contribution is -2.32. The van der Waals surface area contributed by atoms with Crippen LogP contribution >= 0.6 is 12.2 Å². The van der Waals surface area contributed by atoms with Crippen LogP contribution in [0.1, 0.15) is 72.1 Å².